The minimum absolute atomic E-state index is 0.811. The zero-order valence-electron chi connectivity index (χ0n) is 14.1. The first kappa shape index (κ1) is 16.3. The molecule has 4 rings (SSSR count). The summed E-state index contributed by atoms with van der Waals surface area (Å²) in [5.74, 6) is 0. The summed E-state index contributed by atoms with van der Waals surface area (Å²) in [4.78, 5) is 8.97. The Morgan fingerprint density at radius 3 is 2.44 bits per heavy atom. The normalized spacial score (nSPS) is 15.5. The number of likely N-dealkylation sites (N-methyl/N-ethyl adjacent to an activating group) is 1. The van der Waals surface area contributed by atoms with Crippen LogP contribution in [-0.2, 0) is 0 Å². The van der Waals surface area contributed by atoms with Gasteiger partial charge in [-0.25, -0.2) is 4.98 Å². The number of halogens is 1. The standard InChI is InChI=1S/C19H20BrN5/c1-24-8-10-25(11-9-24)16-4-2-14(3-5-16)17-13-18(23-22-17)15-6-7-21-19(20)12-15/h2-7,12-13H,8-11H2,1H3,(H,22,23). The lowest BCUT2D eigenvalue weighted by Gasteiger charge is -2.34. The Kier molecular flexibility index (Phi) is 4.55. The first-order valence-corrected chi connectivity index (χ1v) is 9.19. The third-order valence-corrected chi connectivity index (χ3v) is 5.08. The summed E-state index contributed by atoms with van der Waals surface area (Å²) in [6, 6.07) is 14.7. The molecule has 0 amide bonds. The summed E-state index contributed by atoms with van der Waals surface area (Å²) < 4.78 is 0.811. The van der Waals surface area contributed by atoms with Gasteiger partial charge in [-0.1, -0.05) is 12.1 Å². The van der Waals surface area contributed by atoms with Crippen LogP contribution >= 0.6 is 15.9 Å². The van der Waals surface area contributed by atoms with Crippen molar-refractivity contribution in [3.05, 3.63) is 53.3 Å². The van der Waals surface area contributed by atoms with Gasteiger partial charge in [-0.3, -0.25) is 5.10 Å². The molecular formula is C19H20BrN5. The summed E-state index contributed by atoms with van der Waals surface area (Å²) in [5, 5.41) is 7.57. The number of rotatable bonds is 3. The number of pyridine rings is 1. The lowest BCUT2D eigenvalue weighted by Crippen LogP contribution is -2.44. The van der Waals surface area contributed by atoms with Crippen molar-refractivity contribution < 1.29 is 0 Å². The van der Waals surface area contributed by atoms with E-state index in [-0.39, 0.29) is 0 Å². The molecule has 1 saturated heterocycles. The van der Waals surface area contributed by atoms with Gasteiger partial charge in [0.25, 0.3) is 0 Å². The van der Waals surface area contributed by atoms with Gasteiger partial charge in [-0.05, 0) is 58.9 Å². The van der Waals surface area contributed by atoms with Crippen molar-refractivity contribution in [1.82, 2.24) is 20.1 Å². The van der Waals surface area contributed by atoms with E-state index in [9.17, 15) is 0 Å². The Bertz CT molecular complexity index is 850. The molecule has 1 fully saturated rings. The molecule has 1 N–H and O–H groups in total. The highest BCUT2D eigenvalue weighted by atomic mass is 79.9. The van der Waals surface area contributed by atoms with Crippen molar-refractivity contribution in [2.45, 2.75) is 0 Å². The highest BCUT2D eigenvalue weighted by Gasteiger charge is 2.14. The fraction of sp³-hybridized carbons (Fsp3) is 0.263. The molecule has 1 aliphatic heterocycles. The average molecular weight is 398 g/mol. The van der Waals surface area contributed by atoms with Gasteiger partial charge in [0.1, 0.15) is 4.60 Å². The molecule has 0 atom stereocenters. The smallest absolute Gasteiger partial charge is 0.106 e. The van der Waals surface area contributed by atoms with Crippen molar-refractivity contribution in [3.8, 4) is 22.5 Å². The number of nitrogens with one attached hydrogen (secondary N) is 1. The number of H-pyrrole nitrogens is 1. The van der Waals surface area contributed by atoms with Crippen LogP contribution < -0.4 is 4.90 Å². The number of aromatic amines is 1. The first-order valence-electron chi connectivity index (χ1n) is 8.40. The SMILES string of the molecule is CN1CCN(c2ccc(-c3cc(-c4ccnc(Br)c4)n[nH]3)cc2)CC1. The van der Waals surface area contributed by atoms with E-state index < -0.39 is 0 Å². The first-order chi connectivity index (χ1) is 12.2. The Labute approximate surface area is 155 Å². The number of hydrogen-bond donors (Lipinski definition) is 1. The van der Waals surface area contributed by atoms with Gasteiger partial charge in [-0.15, -0.1) is 0 Å². The second-order valence-electron chi connectivity index (χ2n) is 6.37. The molecule has 0 spiro atoms. The summed E-state index contributed by atoms with van der Waals surface area (Å²) >= 11 is 3.40. The van der Waals surface area contributed by atoms with Crippen molar-refractivity contribution in [1.29, 1.82) is 0 Å². The number of nitrogens with zero attached hydrogens (tertiary/aromatic N) is 4. The molecule has 0 aliphatic carbocycles. The minimum atomic E-state index is 0.811. The minimum Gasteiger partial charge on any atom is -0.369 e. The molecule has 3 aromatic rings. The van der Waals surface area contributed by atoms with Crippen molar-refractivity contribution >= 4 is 21.6 Å². The second-order valence-corrected chi connectivity index (χ2v) is 7.18. The fourth-order valence-electron chi connectivity index (χ4n) is 3.10. The van der Waals surface area contributed by atoms with Crippen molar-refractivity contribution in [3.63, 3.8) is 0 Å². The van der Waals surface area contributed by atoms with Crippen LogP contribution in [0.2, 0.25) is 0 Å². The van der Waals surface area contributed by atoms with E-state index in [1.165, 1.54) is 5.69 Å². The highest BCUT2D eigenvalue weighted by molar-refractivity contribution is 9.10. The monoisotopic (exact) mass is 397 g/mol. The molecule has 0 saturated carbocycles. The third kappa shape index (κ3) is 3.60. The number of piperazine rings is 1. The van der Waals surface area contributed by atoms with E-state index in [2.05, 4.69) is 78.3 Å². The van der Waals surface area contributed by atoms with Crippen molar-refractivity contribution in [2.24, 2.45) is 0 Å². The Morgan fingerprint density at radius 2 is 1.72 bits per heavy atom. The van der Waals surface area contributed by atoms with Crippen LogP contribution in [0, 0.1) is 0 Å². The van der Waals surface area contributed by atoms with Crippen LogP contribution in [0.4, 0.5) is 5.69 Å². The lowest BCUT2D eigenvalue weighted by atomic mass is 10.1. The summed E-state index contributed by atoms with van der Waals surface area (Å²) in [6.45, 7) is 4.41. The Hall–Kier alpha value is -2.18. The summed E-state index contributed by atoms with van der Waals surface area (Å²) in [6.07, 6.45) is 1.78. The summed E-state index contributed by atoms with van der Waals surface area (Å²) in [5.41, 5.74) is 5.41. The molecule has 128 valence electrons. The largest absolute Gasteiger partial charge is 0.369 e. The molecule has 25 heavy (non-hydrogen) atoms. The van der Waals surface area contributed by atoms with E-state index >= 15 is 0 Å². The van der Waals surface area contributed by atoms with Gasteiger partial charge in [0.15, 0.2) is 0 Å². The van der Waals surface area contributed by atoms with Gasteiger partial charge in [0.05, 0.1) is 11.4 Å². The van der Waals surface area contributed by atoms with Crippen LogP contribution in [0.1, 0.15) is 0 Å². The zero-order chi connectivity index (χ0) is 17.2. The quantitative estimate of drug-likeness (QED) is 0.685. The van der Waals surface area contributed by atoms with Gasteiger partial charge < -0.3 is 9.80 Å². The second kappa shape index (κ2) is 6.98. The fourth-order valence-corrected chi connectivity index (χ4v) is 3.46. The van der Waals surface area contributed by atoms with Crippen LogP contribution in [-0.4, -0.2) is 53.3 Å². The highest BCUT2D eigenvalue weighted by Crippen LogP contribution is 2.26. The average Bonchev–Trinajstić information content (AvgIpc) is 3.13. The number of anilines is 1. The predicted octanol–water partition coefficient (Wildman–Crippen LogP) is 3.65. The van der Waals surface area contributed by atoms with E-state index in [1.54, 1.807) is 6.20 Å². The van der Waals surface area contributed by atoms with E-state index in [1.807, 2.05) is 12.1 Å². The Balaban J connectivity index is 1.53. The van der Waals surface area contributed by atoms with Gasteiger partial charge >= 0.3 is 0 Å². The molecule has 0 radical (unpaired) electrons. The molecule has 0 bridgehead atoms. The van der Waals surface area contributed by atoms with E-state index in [4.69, 9.17) is 0 Å². The Morgan fingerprint density at radius 1 is 0.960 bits per heavy atom. The maximum absolute atomic E-state index is 4.43. The molecule has 5 nitrogen and oxygen atoms in total. The third-order valence-electron chi connectivity index (χ3n) is 4.65. The van der Waals surface area contributed by atoms with Gasteiger partial charge in [0, 0.05) is 43.6 Å². The number of hydrogen-bond acceptors (Lipinski definition) is 4. The molecule has 3 heterocycles. The van der Waals surface area contributed by atoms with Crippen LogP contribution in [0.5, 0.6) is 0 Å². The maximum atomic E-state index is 4.43. The number of aromatic nitrogens is 3. The zero-order valence-corrected chi connectivity index (χ0v) is 15.7. The van der Waals surface area contributed by atoms with E-state index in [0.29, 0.717) is 0 Å². The number of benzene rings is 1. The van der Waals surface area contributed by atoms with E-state index in [0.717, 1.165) is 53.3 Å². The van der Waals surface area contributed by atoms with Crippen LogP contribution in [0.25, 0.3) is 22.5 Å². The summed E-state index contributed by atoms with van der Waals surface area (Å²) in [7, 11) is 2.18. The lowest BCUT2D eigenvalue weighted by molar-refractivity contribution is 0.313. The van der Waals surface area contributed by atoms with Gasteiger partial charge in [-0.2, -0.15) is 5.10 Å². The topological polar surface area (TPSA) is 48.1 Å². The molecule has 2 aromatic heterocycles. The molecule has 6 heteroatoms. The maximum Gasteiger partial charge on any atom is 0.106 e. The molecule has 0 unspecified atom stereocenters. The molecule has 1 aliphatic rings. The predicted molar refractivity (Wildman–Crippen MR) is 105 cm³/mol. The van der Waals surface area contributed by atoms with Crippen LogP contribution in [0.3, 0.4) is 0 Å². The van der Waals surface area contributed by atoms with Crippen LogP contribution in [0.15, 0.2) is 53.3 Å². The van der Waals surface area contributed by atoms with Gasteiger partial charge in [0.2, 0.25) is 0 Å². The molecular weight excluding hydrogens is 378 g/mol. The van der Waals surface area contributed by atoms with Crippen molar-refractivity contribution in [2.75, 3.05) is 38.1 Å². The molecule has 1 aromatic carbocycles.